The van der Waals surface area contributed by atoms with Crippen molar-refractivity contribution in [2.45, 2.75) is 167 Å². The minimum Gasteiger partial charge on any atom is -0.389 e. The maximum Gasteiger partial charge on any atom is 0.164 e. The van der Waals surface area contributed by atoms with Crippen LogP contribution in [0.25, 0.3) is 0 Å². The molecular weight excluding hydrogens is 508 g/mol. The van der Waals surface area contributed by atoms with Crippen LogP contribution in [0.4, 0.5) is 0 Å². The highest BCUT2D eigenvalue weighted by Crippen LogP contribution is 2.72. The molecule has 6 aliphatic rings. The van der Waals surface area contributed by atoms with E-state index in [0.717, 1.165) is 19.3 Å². The average Bonchev–Trinajstić information content (AvgIpc) is 3.37. The van der Waals surface area contributed by atoms with Crippen molar-refractivity contribution in [1.82, 2.24) is 0 Å². The van der Waals surface area contributed by atoms with E-state index in [0.29, 0.717) is 38.0 Å². The maximum absolute atomic E-state index is 13.9. The topological polar surface area (TPSA) is 94.5 Å². The number of ether oxygens (including phenoxy) is 4. The van der Waals surface area contributed by atoms with Crippen molar-refractivity contribution >= 4 is 5.78 Å². The van der Waals surface area contributed by atoms with Crippen molar-refractivity contribution in [2.24, 2.45) is 34.5 Å². The molecule has 0 amide bonds. The second-order valence-corrected chi connectivity index (χ2v) is 16.5. The van der Waals surface area contributed by atoms with Gasteiger partial charge in [0.25, 0.3) is 0 Å². The first kappa shape index (κ1) is 29.5. The molecule has 4 aliphatic carbocycles. The predicted octanol–water partition coefficient (Wildman–Crippen LogP) is 5.53. The number of Topliss-reactive ketones (excluding diaryl/α,β-unsaturated/α-hetero) is 1. The number of fused-ring (bicyclic) bond motifs is 6. The molecular formula is C33H54O7. The molecule has 2 aliphatic heterocycles. The summed E-state index contributed by atoms with van der Waals surface area (Å²) in [7, 11) is 0. The lowest BCUT2D eigenvalue weighted by Gasteiger charge is -2.67. The number of ketones is 1. The summed E-state index contributed by atoms with van der Waals surface area (Å²) >= 11 is 0. The third-order valence-corrected chi connectivity index (χ3v) is 12.9. The first-order chi connectivity index (χ1) is 18.3. The first-order valence-electron chi connectivity index (χ1n) is 16.0. The van der Waals surface area contributed by atoms with Crippen LogP contribution in [-0.2, 0) is 23.7 Å². The summed E-state index contributed by atoms with van der Waals surface area (Å²) in [6, 6.07) is 0. The van der Waals surface area contributed by atoms with Gasteiger partial charge in [0.15, 0.2) is 11.6 Å². The lowest BCUT2D eigenvalue weighted by Crippen LogP contribution is -2.74. The number of aliphatic hydroxyl groups is 2. The highest BCUT2D eigenvalue weighted by Gasteiger charge is 2.77. The van der Waals surface area contributed by atoms with E-state index < -0.39 is 45.1 Å². The van der Waals surface area contributed by atoms with Gasteiger partial charge in [-0.2, -0.15) is 0 Å². The van der Waals surface area contributed by atoms with Crippen LogP contribution in [0.5, 0.6) is 0 Å². The summed E-state index contributed by atoms with van der Waals surface area (Å²) in [4.78, 5) is 13.9. The van der Waals surface area contributed by atoms with Gasteiger partial charge in [0, 0.05) is 29.1 Å². The Morgan fingerprint density at radius 2 is 1.48 bits per heavy atom. The van der Waals surface area contributed by atoms with E-state index in [1.165, 1.54) is 0 Å². The zero-order chi connectivity index (χ0) is 29.3. The quantitative estimate of drug-likeness (QED) is 0.465. The Kier molecular flexibility index (Phi) is 6.46. The fraction of sp³-hybridized carbons (Fsp3) is 0.970. The van der Waals surface area contributed by atoms with Gasteiger partial charge in [0.1, 0.15) is 5.78 Å². The minimum atomic E-state index is -1.17. The summed E-state index contributed by atoms with van der Waals surface area (Å²) in [5.74, 6) is -1.41. The Morgan fingerprint density at radius 3 is 2.15 bits per heavy atom. The van der Waals surface area contributed by atoms with Crippen molar-refractivity contribution in [1.29, 1.82) is 0 Å². The molecule has 0 aromatic carbocycles. The third-order valence-electron chi connectivity index (χ3n) is 12.9. The van der Waals surface area contributed by atoms with E-state index in [9.17, 15) is 15.0 Å². The highest BCUT2D eigenvalue weighted by molar-refractivity contribution is 5.84. The van der Waals surface area contributed by atoms with Crippen molar-refractivity contribution in [3.8, 4) is 0 Å². The van der Waals surface area contributed by atoms with Gasteiger partial charge in [0.2, 0.25) is 0 Å². The number of hydrogen-bond acceptors (Lipinski definition) is 7. The SMILES string of the molecule is CC(C)CC[C@H]1OC(C)(C)O[C@]1(C)[C@H]1CC[C@@]2(O)[C@H]3CC(=O)[C@H]4C[C@H]5OC(C)(C)O[C@H]5C[C@]4(C)[C@@]3(O)CC[C@]12C. The molecule has 0 aromatic heterocycles. The molecule has 11 atom stereocenters. The van der Waals surface area contributed by atoms with Gasteiger partial charge in [-0.25, -0.2) is 0 Å². The molecule has 4 saturated carbocycles. The molecule has 7 nitrogen and oxygen atoms in total. The lowest BCUT2D eigenvalue weighted by molar-refractivity contribution is -0.288. The number of hydrogen-bond donors (Lipinski definition) is 2. The molecule has 6 rings (SSSR count). The summed E-state index contributed by atoms with van der Waals surface area (Å²) in [6.07, 6.45) is 5.57. The summed E-state index contributed by atoms with van der Waals surface area (Å²) in [5.41, 5.74) is -4.06. The van der Waals surface area contributed by atoms with Gasteiger partial charge in [-0.15, -0.1) is 0 Å². The van der Waals surface area contributed by atoms with Crippen LogP contribution in [-0.4, -0.2) is 62.7 Å². The van der Waals surface area contributed by atoms with E-state index in [4.69, 9.17) is 18.9 Å². The zero-order valence-corrected chi connectivity index (χ0v) is 26.3. The first-order valence-corrected chi connectivity index (χ1v) is 16.0. The molecule has 0 aromatic rings. The van der Waals surface area contributed by atoms with Gasteiger partial charge in [0.05, 0.1) is 35.1 Å². The zero-order valence-electron chi connectivity index (χ0n) is 26.3. The second kappa shape index (κ2) is 8.75. The van der Waals surface area contributed by atoms with Crippen LogP contribution >= 0.6 is 0 Å². The summed E-state index contributed by atoms with van der Waals surface area (Å²) < 4.78 is 25.8. The van der Waals surface area contributed by atoms with Gasteiger partial charge in [-0.05, 0) is 97.8 Å². The number of carbonyl (C=O) groups is 1. The van der Waals surface area contributed by atoms with Crippen LogP contribution in [0.2, 0.25) is 0 Å². The lowest BCUT2D eigenvalue weighted by atomic mass is 9.40. The molecule has 6 fully saturated rings. The Hall–Kier alpha value is -0.570. The molecule has 40 heavy (non-hydrogen) atoms. The van der Waals surface area contributed by atoms with Crippen LogP contribution in [0.1, 0.15) is 120 Å². The van der Waals surface area contributed by atoms with Gasteiger partial charge < -0.3 is 29.2 Å². The molecule has 7 heteroatoms. The molecule has 0 bridgehead atoms. The van der Waals surface area contributed by atoms with Crippen LogP contribution in [0.15, 0.2) is 0 Å². The minimum absolute atomic E-state index is 0.0530. The smallest absolute Gasteiger partial charge is 0.164 e. The Bertz CT molecular complexity index is 1060. The van der Waals surface area contributed by atoms with Crippen molar-refractivity contribution in [3.05, 3.63) is 0 Å². The van der Waals surface area contributed by atoms with Crippen LogP contribution in [0, 0.1) is 34.5 Å². The molecule has 2 heterocycles. The van der Waals surface area contributed by atoms with E-state index >= 15 is 0 Å². The van der Waals surface area contributed by atoms with Crippen LogP contribution < -0.4 is 0 Å². The Morgan fingerprint density at radius 1 is 0.825 bits per heavy atom. The number of carbonyl (C=O) groups excluding carboxylic acids is 1. The Balaban J connectivity index is 1.34. The molecule has 0 unspecified atom stereocenters. The monoisotopic (exact) mass is 562 g/mol. The molecule has 0 spiro atoms. The van der Waals surface area contributed by atoms with Gasteiger partial charge >= 0.3 is 0 Å². The summed E-state index contributed by atoms with van der Waals surface area (Å²) in [5, 5.41) is 25.6. The molecule has 228 valence electrons. The molecule has 2 N–H and O–H groups in total. The van der Waals surface area contributed by atoms with E-state index in [-0.39, 0.29) is 42.4 Å². The fourth-order valence-corrected chi connectivity index (χ4v) is 11.0. The van der Waals surface area contributed by atoms with Crippen molar-refractivity contribution in [2.75, 3.05) is 0 Å². The van der Waals surface area contributed by atoms with Gasteiger partial charge in [-0.1, -0.05) is 27.7 Å². The second-order valence-electron chi connectivity index (χ2n) is 16.5. The largest absolute Gasteiger partial charge is 0.389 e. The highest BCUT2D eigenvalue weighted by atomic mass is 16.8. The standard InChI is InChI=1S/C33H54O7/c1-19(2)10-11-26-31(9,40-28(5,6)39-26)24-12-13-32(35)25-17-21(34)20-16-22-23(38-27(3,4)37-22)18-30(20,8)33(25,36)15-14-29(24,32)7/h19-20,22-26,35-36H,10-18H2,1-9H3/t20-,22-,23+,24+,25-,26-,29-,30+,31-,32-,33-/m1/s1. The Labute approximate surface area is 241 Å². The normalized spacial score (nSPS) is 54.6. The number of rotatable bonds is 4. The van der Waals surface area contributed by atoms with E-state index in [1.807, 2.05) is 27.7 Å². The van der Waals surface area contributed by atoms with E-state index in [1.54, 1.807) is 0 Å². The average molecular weight is 563 g/mol. The maximum atomic E-state index is 13.9. The molecule has 2 saturated heterocycles. The van der Waals surface area contributed by atoms with E-state index in [2.05, 4.69) is 34.6 Å². The van der Waals surface area contributed by atoms with Crippen LogP contribution in [0.3, 0.4) is 0 Å². The summed E-state index contributed by atoms with van der Waals surface area (Å²) in [6.45, 7) is 18.8. The molecule has 0 radical (unpaired) electrons. The van der Waals surface area contributed by atoms with Crippen molar-refractivity contribution < 1.29 is 34.0 Å². The predicted molar refractivity (Wildman–Crippen MR) is 150 cm³/mol. The van der Waals surface area contributed by atoms with Gasteiger partial charge in [-0.3, -0.25) is 4.79 Å². The third kappa shape index (κ3) is 3.86. The fourth-order valence-electron chi connectivity index (χ4n) is 11.0. The van der Waals surface area contributed by atoms with Crippen molar-refractivity contribution in [3.63, 3.8) is 0 Å².